The Bertz CT molecular complexity index is 617. The van der Waals surface area contributed by atoms with Crippen LogP contribution in [0.5, 0.6) is 5.75 Å². The molecule has 0 spiro atoms. The number of benzene rings is 2. The van der Waals surface area contributed by atoms with Crippen LogP contribution in [-0.2, 0) is 6.54 Å². The Labute approximate surface area is 113 Å². The lowest BCUT2D eigenvalue weighted by Crippen LogP contribution is -2.29. The van der Waals surface area contributed by atoms with Crippen molar-refractivity contribution in [1.82, 2.24) is 4.90 Å². The highest BCUT2D eigenvalue weighted by atomic mass is 16.5. The van der Waals surface area contributed by atoms with E-state index in [0.717, 1.165) is 29.4 Å². The van der Waals surface area contributed by atoms with Gasteiger partial charge in [-0.2, -0.15) is 0 Å². The molecule has 0 unspecified atom stereocenters. The number of para-hydroxylation sites is 1. The number of amidine groups is 1. The van der Waals surface area contributed by atoms with Gasteiger partial charge in [-0.1, -0.05) is 18.2 Å². The molecule has 0 amide bonds. The molecule has 0 aliphatic carbocycles. The van der Waals surface area contributed by atoms with Crippen molar-refractivity contribution in [3.05, 3.63) is 59.7 Å². The lowest BCUT2D eigenvalue weighted by molar-refractivity contribution is 0.414. The van der Waals surface area contributed by atoms with Gasteiger partial charge in [-0.15, -0.1) is 0 Å². The van der Waals surface area contributed by atoms with Gasteiger partial charge in [0.25, 0.3) is 0 Å². The van der Waals surface area contributed by atoms with E-state index in [1.54, 1.807) is 7.11 Å². The van der Waals surface area contributed by atoms with Crippen molar-refractivity contribution in [2.24, 2.45) is 4.99 Å². The van der Waals surface area contributed by atoms with Crippen LogP contribution in [0.3, 0.4) is 0 Å². The lowest BCUT2D eigenvalue weighted by atomic mass is 10.1. The number of aliphatic imine (C=N–C) groups is 1. The molecule has 1 heterocycles. The summed E-state index contributed by atoms with van der Waals surface area (Å²) in [5, 5.41) is 0. The maximum Gasteiger partial charge on any atom is 0.136 e. The zero-order valence-corrected chi connectivity index (χ0v) is 11.1. The minimum absolute atomic E-state index is 0.864. The highest BCUT2D eigenvalue weighted by Gasteiger charge is 2.17. The first-order valence-electron chi connectivity index (χ1n) is 6.30. The van der Waals surface area contributed by atoms with Crippen LogP contribution >= 0.6 is 0 Å². The van der Waals surface area contributed by atoms with Gasteiger partial charge in [0.1, 0.15) is 11.6 Å². The molecular weight excluding hydrogens is 236 g/mol. The monoisotopic (exact) mass is 252 g/mol. The van der Waals surface area contributed by atoms with Crippen LogP contribution in [0, 0.1) is 0 Å². The Hall–Kier alpha value is -2.29. The van der Waals surface area contributed by atoms with Gasteiger partial charge in [0.05, 0.1) is 12.8 Å². The maximum absolute atomic E-state index is 5.19. The molecule has 3 heteroatoms. The first kappa shape index (κ1) is 11.8. The normalized spacial score (nSPS) is 13.8. The molecule has 1 aliphatic heterocycles. The number of hydrogen-bond donors (Lipinski definition) is 0. The quantitative estimate of drug-likeness (QED) is 0.819. The second-order valence-corrected chi connectivity index (χ2v) is 4.65. The van der Waals surface area contributed by atoms with Crippen LogP contribution in [0.1, 0.15) is 11.1 Å². The van der Waals surface area contributed by atoms with Crippen molar-refractivity contribution in [3.8, 4) is 5.75 Å². The summed E-state index contributed by atoms with van der Waals surface area (Å²) in [6, 6.07) is 16.3. The van der Waals surface area contributed by atoms with E-state index in [2.05, 4.69) is 30.1 Å². The van der Waals surface area contributed by atoms with Crippen molar-refractivity contribution in [2.45, 2.75) is 6.54 Å². The first-order chi connectivity index (χ1) is 9.28. The molecule has 0 atom stereocenters. The Balaban J connectivity index is 2.01. The molecule has 19 heavy (non-hydrogen) atoms. The topological polar surface area (TPSA) is 24.8 Å². The molecule has 0 aromatic heterocycles. The standard InChI is InChI=1S/C16H16N2O/c1-18-11-13-5-3-4-6-15(13)17-16(18)12-7-9-14(19-2)10-8-12/h3-10H,11H2,1-2H3. The van der Waals surface area contributed by atoms with Gasteiger partial charge < -0.3 is 9.64 Å². The number of ether oxygens (including phenoxy) is 1. The molecule has 1 aliphatic rings. The van der Waals surface area contributed by atoms with Crippen molar-refractivity contribution >= 4 is 11.5 Å². The van der Waals surface area contributed by atoms with Gasteiger partial charge in [-0.25, -0.2) is 4.99 Å². The second-order valence-electron chi connectivity index (χ2n) is 4.65. The van der Waals surface area contributed by atoms with Crippen LogP contribution in [0.2, 0.25) is 0 Å². The zero-order valence-electron chi connectivity index (χ0n) is 11.1. The summed E-state index contributed by atoms with van der Waals surface area (Å²) in [6.45, 7) is 0.890. The molecule has 0 saturated heterocycles. The summed E-state index contributed by atoms with van der Waals surface area (Å²) >= 11 is 0. The molecule has 0 saturated carbocycles. The minimum atomic E-state index is 0.864. The molecule has 2 aromatic rings. The minimum Gasteiger partial charge on any atom is -0.497 e. The molecule has 3 rings (SSSR count). The summed E-state index contributed by atoms with van der Waals surface area (Å²) in [6.07, 6.45) is 0. The van der Waals surface area contributed by atoms with Crippen LogP contribution in [0.25, 0.3) is 0 Å². The number of nitrogens with zero attached hydrogens (tertiary/aromatic N) is 2. The van der Waals surface area contributed by atoms with E-state index in [4.69, 9.17) is 9.73 Å². The molecular formula is C16H16N2O. The fraction of sp³-hybridized carbons (Fsp3) is 0.188. The number of methoxy groups -OCH3 is 1. The third-order valence-corrected chi connectivity index (χ3v) is 3.34. The first-order valence-corrected chi connectivity index (χ1v) is 6.30. The van der Waals surface area contributed by atoms with E-state index in [1.165, 1.54) is 5.56 Å². The van der Waals surface area contributed by atoms with E-state index >= 15 is 0 Å². The molecule has 2 aromatic carbocycles. The second kappa shape index (κ2) is 4.76. The van der Waals surface area contributed by atoms with Gasteiger partial charge in [0.15, 0.2) is 0 Å². The molecule has 0 N–H and O–H groups in total. The fourth-order valence-electron chi connectivity index (χ4n) is 2.31. The van der Waals surface area contributed by atoms with E-state index in [-0.39, 0.29) is 0 Å². The Morgan fingerprint density at radius 3 is 2.53 bits per heavy atom. The van der Waals surface area contributed by atoms with E-state index in [1.807, 2.05) is 30.3 Å². The van der Waals surface area contributed by atoms with Crippen LogP contribution in [0.4, 0.5) is 5.69 Å². The van der Waals surface area contributed by atoms with Crippen molar-refractivity contribution < 1.29 is 4.74 Å². The van der Waals surface area contributed by atoms with E-state index < -0.39 is 0 Å². The molecule has 3 nitrogen and oxygen atoms in total. The number of fused-ring (bicyclic) bond motifs is 1. The summed E-state index contributed by atoms with van der Waals surface area (Å²) in [4.78, 5) is 6.92. The Morgan fingerprint density at radius 2 is 1.79 bits per heavy atom. The third-order valence-electron chi connectivity index (χ3n) is 3.34. The third kappa shape index (κ3) is 2.19. The van der Waals surface area contributed by atoms with Gasteiger partial charge in [0, 0.05) is 19.2 Å². The highest BCUT2D eigenvalue weighted by molar-refractivity contribution is 6.01. The summed E-state index contributed by atoms with van der Waals surface area (Å²) in [5.74, 6) is 1.87. The number of rotatable bonds is 2. The fourth-order valence-corrected chi connectivity index (χ4v) is 2.31. The van der Waals surface area contributed by atoms with Crippen molar-refractivity contribution in [2.75, 3.05) is 14.2 Å². The molecule has 96 valence electrons. The average Bonchev–Trinajstić information content (AvgIpc) is 2.47. The molecule has 0 bridgehead atoms. The molecule has 0 fully saturated rings. The molecule has 0 radical (unpaired) electrons. The zero-order chi connectivity index (χ0) is 13.2. The van der Waals surface area contributed by atoms with E-state index in [9.17, 15) is 0 Å². The summed E-state index contributed by atoms with van der Waals surface area (Å²) in [7, 11) is 3.74. The van der Waals surface area contributed by atoms with Gasteiger partial charge in [0.2, 0.25) is 0 Å². The van der Waals surface area contributed by atoms with Crippen LogP contribution in [-0.4, -0.2) is 24.9 Å². The summed E-state index contributed by atoms with van der Waals surface area (Å²) < 4.78 is 5.19. The smallest absolute Gasteiger partial charge is 0.136 e. The SMILES string of the molecule is COc1ccc(C2=Nc3ccccc3CN2C)cc1. The Morgan fingerprint density at radius 1 is 1.05 bits per heavy atom. The average molecular weight is 252 g/mol. The predicted molar refractivity (Wildman–Crippen MR) is 77.1 cm³/mol. The van der Waals surface area contributed by atoms with Gasteiger partial charge >= 0.3 is 0 Å². The lowest BCUT2D eigenvalue weighted by Gasteiger charge is -2.27. The predicted octanol–water partition coefficient (Wildman–Crippen LogP) is 3.22. The van der Waals surface area contributed by atoms with E-state index in [0.29, 0.717) is 0 Å². The maximum atomic E-state index is 5.19. The van der Waals surface area contributed by atoms with Crippen molar-refractivity contribution in [3.63, 3.8) is 0 Å². The summed E-state index contributed by atoms with van der Waals surface area (Å²) in [5.41, 5.74) is 3.44. The van der Waals surface area contributed by atoms with Gasteiger partial charge in [-0.3, -0.25) is 0 Å². The largest absolute Gasteiger partial charge is 0.497 e. The van der Waals surface area contributed by atoms with Crippen LogP contribution in [0.15, 0.2) is 53.5 Å². The van der Waals surface area contributed by atoms with Crippen LogP contribution < -0.4 is 4.74 Å². The number of hydrogen-bond acceptors (Lipinski definition) is 3. The van der Waals surface area contributed by atoms with Gasteiger partial charge in [-0.05, 0) is 35.9 Å². The Kier molecular flexibility index (Phi) is 2.95. The van der Waals surface area contributed by atoms with Crippen molar-refractivity contribution in [1.29, 1.82) is 0 Å². The highest BCUT2D eigenvalue weighted by Crippen LogP contribution is 2.27.